The van der Waals surface area contributed by atoms with Crippen LogP contribution in [0.2, 0.25) is 0 Å². The van der Waals surface area contributed by atoms with Crippen molar-refractivity contribution in [1.82, 2.24) is 15.6 Å². The minimum atomic E-state index is -0.455. The molecule has 1 aliphatic rings. The average molecular weight is 681 g/mol. The van der Waals surface area contributed by atoms with Gasteiger partial charge in [0, 0.05) is 67.5 Å². The molecular weight excluding hydrogens is 632 g/mol. The van der Waals surface area contributed by atoms with Gasteiger partial charge in [0.25, 0.3) is 17.4 Å². The van der Waals surface area contributed by atoms with Crippen LogP contribution in [-0.2, 0) is 17.8 Å². The maximum Gasteiger partial charge on any atom is 0.255 e. The maximum atomic E-state index is 13.9. The molecule has 0 aliphatic carbocycles. The molecule has 2 amide bonds. The molecular formula is C40H48N4O6. The smallest absolute Gasteiger partial charge is 0.255 e. The fraction of sp³-hybridized carbons (Fsp3) is 0.375. The molecule has 3 aromatic carbocycles. The largest absolute Gasteiger partial charge is 0.508 e. The molecule has 2 heterocycles. The van der Waals surface area contributed by atoms with Crippen molar-refractivity contribution in [2.24, 2.45) is 0 Å². The monoisotopic (exact) mass is 680 g/mol. The Hall–Kier alpha value is -5.09. The van der Waals surface area contributed by atoms with Gasteiger partial charge >= 0.3 is 0 Å². The van der Waals surface area contributed by atoms with E-state index in [-0.39, 0.29) is 53.6 Å². The predicted molar refractivity (Wildman–Crippen MR) is 196 cm³/mol. The van der Waals surface area contributed by atoms with Gasteiger partial charge in [-0.15, -0.1) is 0 Å². The van der Waals surface area contributed by atoms with Crippen LogP contribution < -0.4 is 21.1 Å². The lowest BCUT2D eigenvalue weighted by molar-refractivity contribution is 0.0845. The van der Waals surface area contributed by atoms with Gasteiger partial charge in [0.2, 0.25) is 0 Å². The number of hydrogen-bond donors (Lipinski definition) is 5. The van der Waals surface area contributed by atoms with Crippen molar-refractivity contribution in [3.05, 3.63) is 110 Å². The summed E-state index contributed by atoms with van der Waals surface area (Å²) in [6.07, 6.45) is 1.78. The molecule has 1 fully saturated rings. The second-order valence-electron chi connectivity index (χ2n) is 13.4. The quantitative estimate of drug-likeness (QED) is 0.124. The number of aromatic amines is 1. The Morgan fingerprint density at radius 1 is 0.900 bits per heavy atom. The number of rotatable bonds is 11. The first kappa shape index (κ1) is 36.2. The minimum absolute atomic E-state index is 0.0327. The highest BCUT2D eigenvalue weighted by Gasteiger charge is 2.25. The number of H-pyrrole nitrogens is 1. The molecule has 1 aromatic heterocycles. The van der Waals surface area contributed by atoms with Gasteiger partial charge in [0.1, 0.15) is 11.5 Å². The summed E-state index contributed by atoms with van der Waals surface area (Å²) in [5.41, 5.74) is 7.45. The molecule has 0 spiro atoms. The molecule has 10 nitrogen and oxygen atoms in total. The number of nitrogens with one attached hydrogen (secondary N) is 3. The number of aryl methyl sites for hydroxylation is 2. The lowest BCUT2D eigenvalue weighted by atomic mass is 9.94. The molecule has 264 valence electrons. The molecule has 1 aliphatic heterocycles. The minimum Gasteiger partial charge on any atom is -0.508 e. The number of amides is 2. The molecule has 5 rings (SSSR count). The Balaban J connectivity index is 1.46. The molecule has 0 bridgehead atoms. The van der Waals surface area contributed by atoms with Gasteiger partial charge in [-0.25, -0.2) is 0 Å². The Morgan fingerprint density at radius 3 is 2.28 bits per heavy atom. The molecule has 0 radical (unpaired) electrons. The first-order chi connectivity index (χ1) is 23.9. The molecule has 50 heavy (non-hydrogen) atoms. The lowest BCUT2D eigenvalue weighted by Gasteiger charge is -2.37. The van der Waals surface area contributed by atoms with Crippen molar-refractivity contribution in [3.8, 4) is 22.6 Å². The summed E-state index contributed by atoms with van der Waals surface area (Å²) in [6.45, 7) is 14.0. The number of phenolic OH excluding ortho intramolecular Hbond substituents is 2. The third kappa shape index (κ3) is 8.03. The summed E-state index contributed by atoms with van der Waals surface area (Å²) in [5.74, 6) is -1.10. The maximum absolute atomic E-state index is 13.9. The highest BCUT2D eigenvalue weighted by atomic mass is 16.5. The van der Waals surface area contributed by atoms with Gasteiger partial charge < -0.3 is 35.5 Å². The van der Waals surface area contributed by atoms with Crippen LogP contribution in [0.1, 0.15) is 93.8 Å². The van der Waals surface area contributed by atoms with Crippen LogP contribution in [0.4, 0.5) is 5.69 Å². The number of phenols is 2. The van der Waals surface area contributed by atoms with E-state index in [0.717, 1.165) is 58.6 Å². The Labute approximate surface area is 293 Å². The standard InChI is InChI=1S/C40H48N4O6/c1-7-44(30-11-13-50-14-12-30)35-18-29(17-32(26(35)6)38(47)42-22-34-24(4)15-25(5)43-40(34)49)28-10-8-9-27(16-28)21-41-39(48)33-19-31(23(2)3)36(45)20-37(33)46/h8-10,15-20,23,30,45-46H,7,11-14,21-22H2,1-6H3,(H,41,48)(H,42,47)(H,43,49). The van der Waals surface area contributed by atoms with Gasteiger partial charge in [0.05, 0.1) is 5.56 Å². The molecule has 0 saturated carbocycles. The second kappa shape index (κ2) is 15.6. The Kier molecular flexibility index (Phi) is 11.3. The van der Waals surface area contributed by atoms with Crippen molar-refractivity contribution in [2.45, 2.75) is 79.4 Å². The van der Waals surface area contributed by atoms with Gasteiger partial charge in [-0.05, 0) is 110 Å². The van der Waals surface area contributed by atoms with Crippen LogP contribution in [0.25, 0.3) is 11.1 Å². The van der Waals surface area contributed by atoms with Crippen molar-refractivity contribution in [3.63, 3.8) is 0 Å². The van der Waals surface area contributed by atoms with Crippen molar-refractivity contribution >= 4 is 17.5 Å². The summed E-state index contributed by atoms with van der Waals surface area (Å²) in [6, 6.07) is 16.7. The normalized spacial score (nSPS) is 13.3. The van der Waals surface area contributed by atoms with Crippen molar-refractivity contribution in [1.29, 1.82) is 0 Å². The van der Waals surface area contributed by atoms with E-state index in [4.69, 9.17) is 4.74 Å². The third-order valence-corrected chi connectivity index (χ3v) is 9.55. The summed E-state index contributed by atoms with van der Waals surface area (Å²) in [7, 11) is 0. The van der Waals surface area contributed by atoms with Crippen molar-refractivity contribution in [2.75, 3.05) is 24.7 Å². The number of aromatic nitrogens is 1. The van der Waals surface area contributed by atoms with Gasteiger partial charge in [-0.2, -0.15) is 0 Å². The van der Waals surface area contributed by atoms with Crippen LogP contribution in [0, 0.1) is 20.8 Å². The van der Waals surface area contributed by atoms with E-state index in [0.29, 0.717) is 29.9 Å². The number of hydrogen-bond acceptors (Lipinski definition) is 7. The lowest BCUT2D eigenvalue weighted by Crippen LogP contribution is -2.40. The highest BCUT2D eigenvalue weighted by Crippen LogP contribution is 2.35. The zero-order chi connectivity index (χ0) is 36.1. The number of aromatic hydroxyl groups is 2. The first-order valence-corrected chi connectivity index (χ1v) is 17.3. The molecule has 0 unspecified atom stereocenters. The SMILES string of the molecule is CCN(c1cc(-c2cccc(CNC(=O)c3cc(C(C)C)c(O)cc3O)c2)cc(C(=O)NCc2c(C)cc(C)[nH]c2=O)c1C)C1CCOCC1. The van der Waals surface area contributed by atoms with E-state index < -0.39 is 5.91 Å². The number of pyridine rings is 1. The van der Waals surface area contributed by atoms with Gasteiger partial charge in [0.15, 0.2) is 0 Å². The zero-order valence-electron chi connectivity index (χ0n) is 29.8. The van der Waals surface area contributed by atoms with E-state index in [1.807, 2.05) is 71.0 Å². The number of benzene rings is 3. The van der Waals surface area contributed by atoms with E-state index in [1.54, 1.807) is 0 Å². The van der Waals surface area contributed by atoms with Crippen molar-refractivity contribution < 1.29 is 24.5 Å². The summed E-state index contributed by atoms with van der Waals surface area (Å²) >= 11 is 0. The number of nitrogens with zero attached hydrogens (tertiary/aromatic N) is 1. The fourth-order valence-corrected chi connectivity index (χ4v) is 6.76. The number of carbonyl (C=O) groups excluding carboxylic acids is 2. The van der Waals surface area contributed by atoms with Crippen LogP contribution in [-0.4, -0.2) is 52.8 Å². The molecule has 5 N–H and O–H groups in total. The number of carbonyl (C=O) groups is 2. The zero-order valence-corrected chi connectivity index (χ0v) is 29.8. The number of ether oxygens (including phenoxy) is 1. The second-order valence-corrected chi connectivity index (χ2v) is 13.4. The van der Waals surface area contributed by atoms with E-state index in [9.17, 15) is 24.6 Å². The molecule has 1 saturated heterocycles. The summed E-state index contributed by atoms with van der Waals surface area (Å²) in [4.78, 5) is 44.9. The molecule has 4 aromatic rings. The highest BCUT2D eigenvalue weighted by molar-refractivity contribution is 5.99. The van der Waals surface area contributed by atoms with Crippen LogP contribution in [0.15, 0.2) is 59.4 Å². The number of anilines is 1. The van der Waals surface area contributed by atoms with Crippen LogP contribution >= 0.6 is 0 Å². The molecule has 0 atom stereocenters. The first-order valence-electron chi connectivity index (χ1n) is 17.3. The topological polar surface area (TPSA) is 144 Å². The molecule has 10 heteroatoms. The van der Waals surface area contributed by atoms with Gasteiger partial charge in [-0.3, -0.25) is 14.4 Å². The third-order valence-electron chi connectivity index (χ3n) is 9.55. The van der Waals surface area contributed by atoms with Gasteiger partial charge in [-0.1, -0.05) is 32.0 Å². The van der Waals surface area contributed by atoms with E-state index in [2.05, 4.69) is 33.5 Å². The predicted octanol–water partition coefficient (Wildman–Crippen LogP) is 6.37. The average Bonchev–Trinajstić information content (AvgIpc) is 3.08. The van der Waals surface area contributed by atoms with E-state index in [1.165, 1.54) is 12.1 Å². The summed E-state index contributed by atoms with van der Waals surface area (Å²) < 4.78 is 5.65. The Bertz CT molecular complexity index is 1940. The van der Waals surface area contributed by atoms with Crippen LogP contribution in [0.5, 0.6) is 11.5 Å². The Morgan fingerprint density at radius 2 is 1.60 bits per heavy atom. The summed E-state index contributed by atoms with van der Waals surface area (Å²) in [5, 5.41) is 26.5. The fourth-order valence-electron chi connectivity index (χ4n) is 6.76. The van der Waals surface area contributed by atoms with Crippen LogP contribution in [0.3, 0.4) is 0 Å². The van der Waals surface area contributed by atoms with E-state index >= 15 is 0 Å².